The number of rotatable bonds is 14. The van der Waals surface area contributed by atoms with Crippen LogP contribution >= 0.6 is 0 Å². The number of ether oxygens (including phenoxy) is 1. The van der Waals surface area contributed by atoms with Gasteiger partial charge in [0.15, 0.2) is 0 Å². The third kappa shape index (κ3) is 16.4. The van der Waals surface area contributed by atoms with Crippen LogP contribution in [0.5, 0.6) is 0 Å². The molecule has 4 heteroatoms. The van der Waals surface area contributed by atoms with Gasteiger partial charge in [-0.25, -0.2) is 4.79 Å². The van der Waals surface area contributed by atoms with E-state index in [-0.39, 0.29) is 0 Å². The molecule has 0 radical (unpaired) electrons. The lowest BCUT2D eigenvalue weighted by molar-refractivity contribution is -0.139. The van der Waals surface area contributed by atoms with Gasteiger partial charge in [-0.05, 0) is 51.4 Å². The van der Waals surface area contributed by atoms with Crippen molar-refractivity contribution < 1.29 is 14.3 Å². The number of hydrogen-bond donors (Lipinski definition) is 0. The molecular formula is C18H30N2O2. The lowest BCUT2D eigenvalue weighted by Crippen LogP contribution is -2.07. The molecule has 0 aromatic carbocycles. The summed E-state index contributed by atoms with van der Waals surface area (Å²) in [7, 11) is 0. The van der Waals surface area contributed by atoms with E-state index in [1.54, 1.807) is 0 Å². The molecule has 0 unspecified atom stereocenters. The van der Waals surface area contributed by atoms with Crippen LogP contribution in [0.3, 0.4) is 0 Å². The van der Waals surface area contributed by atoms with Crippen LogP contribution in [0.2, 0.25) is 0 Å². The molecule has 4 nitrogen and oxygen atoms in total. The Hall–Kier alpha value is -1.67. The van der Waals surface area contributed by atoms with Gasteiger partial charge in [-0.15, -0.1) is 0 Å². The first-order chi connectivity index (χ1) is 10.8. The third-order valence-electron chi connectivity index (χ3n) is 3.22. The van der Waals surface area contributed by atoms with E-state index in [2.05, 4.69) is 36.0 Å². The molecular weight excluding hydrogens is 276 g/mol. The highest BCUT2D eigenvalue weighted by atomic mass is 16.5. The summed E-state index contributed by atoms with van der Waals surface area (Å²) in [4.78, 5) is 13.4. The first-order valence-electron chi connectivity index (χ1n) is 8.45. The quantitative estimate of drug-likeness (QED) is 0.115. The average molecular weight is 306 g/mol. The minimum absolute atomic E-state index is 0.388. The molecule has 0 aromatic heterocycles. The summed E-state index contributed by atoms with van der Waals surface area (Å²) in [6.07, 6.45) is 21.3. The highest BCUT2D eigenvalue weighted by molar-refractivity contribution is 6.20. The Bertz CT molecular complexity index is 369. The van der Waals surface area contributed by atoms with Gasteiger partial charge in [0.05, 0.1) is 6.61 Å². The minimum atomic E-state index is -0.592. The van der Waals surface area contributed by atoms with Gasteiger partial charge < -0.3 is 10.3 Å². The molecule has 0 fully saturated rings. The summed E-state index contributed by atoms with van der Waals surface area (Å²) in [6.45, 7) is 2.61. The summed E-state index contributed by atoms with van der Waals surface area (Å²) in [5.41, 5.74) is 8.12. The second-order valence-electron chi connectivity index (χ2n) is 5.28. The van der Waals surface area contributed by atoms with Crippen LogP contribution in [-0.4, -0.2) is 23.6 Å². The smallest absolute Gasteiger partial charge is 0.413 e. The molecule has 0 aliphatic carbocycles. The fraction of sp³-hybridized carbons (Fsp3) is 0.667. The summed E-state index contributed by atoms with van der Waals surface area (Å²) in [5, 5.41) is 0. The number of nitrogens with zero attached hydrogens (tertiary/aromatic N) is 2. The molecule has 0 aliphatic rings. The second kappa shape index (κ2) is 17.4. The number of esters is 1. The molecule has 124 valence electrons. The molecule has 0 saturated carbocycles. The van der Waals surface area contributed by atoms with E-state index < -0.39 is 5.97 Å². The highest BCUT2D eigenvalue weighted by Gasteiger charge is 2.01. The molecule has 0 heterocycles. The maximum atomic E-state index is 10.8. The summed E-state index contributed by atoms with van der Waals surface area (Å²) < 4.78 is 4.82. The molecule has 0 bridgehead atoms. The molecule has 0 N–H and O–H groups in total. The Balaban J connectivity index is 3.26. The first-order valence-corrected chi connectivity index (χ1v) is 8.45. The van der Waals surface area contributed by atoms with Crippen LogP contribution in [0, 0.1) is 0 Å². The maximum Gasteiger partial charge on any atom is 0.413 e. The average Bonchev–Trinajstić information content (AvgIpc) is 2.51. The van der Waals surface area contributed by atoms with E-state index in [1.165, 1.54) is 32.1 Å². The van der Waals surface area contributed by atoms with Gasteiger partial charge in [-0.2, -0.15) is 4.79 Å². The monoisotopic (exact) mass is 306 g/mol. The van der Waals surface area contributed by atoms with Crippen molar-refractivity contribution in [3.63, 3.8) is 0 Å². The zero-order chi connectivity index (χ0) is 16.3. The lowest BCUT2D eigenvalue weighted by Gasteiger charge is -1.99. The fourth-order valence-electron chi connectivity index (χ4n) is 1.95. The summed E-state index contributed by atoms with van der Waals surface area (Å²) >= 11 is 0. The second-order valence-corrected chi connectivity index (χ2v) is 5.28. The van der Waals surface area contributed by atoms with Crippen LogP contribution in [0.25, 0.3) is 5.53 Å². The molecule has 0 spiro atoms. The van der Waals surface area contributed by atoms with Crippen LogP contribution in [0.4, 0.5) is 0 Å². The normalized spacial score (nSPS) is 11.0. The van der Waals surface area contributed by atoms with Crippen LogP contribution in [0.1, 0.15) is 71.1 Å². The van der Waals surface area contributed by atoms with Gasteiger partial charge in [0.2, 0.25) is 0 Å². The predicted molar refractivity (Wildman–Crippen MR) is 90.8 cm³/mol. The van der Waals surface area contributed by atoms with Gasteiger partial charge >= 0.3 is 12.2 Å². The summed E-state index contributed by atoms with van der Waals surface area (Å²) in [6, 6.07) is 0. The van der Waals surface area contributed by atoms with Gasteiger partial charge in [-0.1, -0.05) is 44.1 Å². The van der Waals surface area contributed by atoms with Crippen molar-refractivity contribution in [3.8, 4) is 0 Å². The zero-order valence-electron chi connectivity index (χ0n) is 13.9. The zero-order valence-corrected chi connectivity index (χ0v) is 13.9. The molecule has 0 amide bonds. The van der Waals surface area contributed by atoms with Crippen LogP contribution in [-0.2, 0) is 9.53 Å². The standard InChI is InChI=1S/C18H30N2O2/c1-2-3-4-5-6-7-8-9-10-11-12-13-14-15-16-22-18(21)17-20-19/h5-6,10-11,17H,2-4,7-9,12-16H2,1H3. The largest absolute Gasteiger partial charge is 0.457 e. The Morgan fingerprint density at radius 1 is 0.909 bits per heavy atom. The number of hydrogen-bond acceptors (Lipinski definition) is 2. The first kappa shape index (κ1) is 20.3. The van der Waals surface area contributed by atoms with Crippen LogP contribution < -0.4 is 0 Å². The maximum absolute atomic E-state index is 10.8. The van der Waals surface area contributed by atoms with E-state index in [0.29, 0.717) is 6.61 Å². The minimum Gasteiger partial charge on any atom is -0.457 e. The number of carbonyl (C=O) groups excluding carboxylic acids is 1. The van der Waals surface area contributed by atoms with Crippen LogP contribution in [0.15, 0.2) is 24.3 Å². The molecule has 0 aromatic rings. The van der Waals surface area contributed by atoms with E-state index in [4.69, 9.17) is 10.3 Å². The molecule has 0 saturated heterocycles. The van der Waals surface area contributed by atoms with Gasteiger partial charge in [0, 0.05) is 0 Å². The van der Waals surface area contributed by atoms with Crippen molar-refractivity contribution in [2.75, 3.05) is 6.61 Å². The molecule has 0 aliphatic heterocycles. The molecule has 0 rings (SSSR count). The van der Waals surface area contributed by atoms with Crippen molar-refractivity contribution in [1.82, 2.24) is 0 Å². The van der Waals surface area contributed by atoms with Gasteiger partial charge in [-0.3, -0.25) is 0 Å². The van der Waals surface area contributed by atoms with E-state index in [1.807, 2.05) is 0 Å². The lowest BCUT2D eigenvalue weighted by atomic mass is 10.1. The number of unbranched alkanes of at least 4 members (excludes halogenated alkanes) is 7. The topological polar surface area (TPSA) is 62.7 Å². The van der Waals surface area contributed by atoms with E-state index >= 15 is 0 Å². The Morgan fingerprint density at radius 2 is 1.50 bits per heavy atom. The fourth-order valence-corrected chi connectivity index (χ4v) is 1.95. The molecule has 22 heavy (non-hydrogen) atoms. The van der Waals surface area contributed by atoms with Crippen molar-refractivity contribution in [3.05, 3.63) is 29.8 Å². The van der Waals surface area contributed by atoms with Crippen molar-refractivity contribution in [2.24, 2.45) is 0 Å². The SMILES string of the molecule is CCCCC=CCCCC=CCCCCCOC(=O)C=[N+]=[N-]. The van der Waals surface area contributed by atoms with Gasteiger partial charge in [0.1, 0.15) is 0 Å². The number of allylic oxidation sites excluding steroid dienone is 4. The number of carbonyl (C=O) groups is 1. The highest BCUT2D eigenvalue weighted by Crippen LogP contribution is 2.04. The molecule has 0 atom stereocenters. The van der Waals surface area contributed by atoms with Gasteiger partial charge in [0.25, 0.3) is 0 Å². The predicted octanol–water partition coefficient (Wildman–Crippen LogP) is 4.86. The Morgan fingerprint density at radius 3 is 2.09 bits per heavy atom. The van der Waals surface area contributed by atoms with Crippen molar-refractivity contribution in [1.29, 1.82) is 0 Å². The van der Waals surface area contributed by atoms with Crippen molar-refractivity contribution >= 4 is 12.2 Å². The Labute approximate surface area is 134 Å². The third-order valence-corrected chi connectivity index (χ3v) is 3.22. The summed E-state index contributed by atoms with van der Waals surface area (Å²) in [5.74, 6) is -0.592. The van der Waals surface area contributed by atoms with E-state index in [9.17, 15) is 4.79 Å². The van der Waals surface area contributed by atoms with E-state index in [0.717, 1.165) is 38.3 Å². The Kier molecular flexibility index (Phi) is 16.1. The van der Waals surface area contributed by atoms with Crippen molar-refractivity contribution in [2.45, 2.75) is 71.1 Å².